The minimum atomic E-state index is -2.92. The second-order valence-corrected chi connectivity index (χ2v) is 6.56. The van der Waals surface area contributed by atoms with Crippen molar-refractivity contribution >= 4 is 9.84 Å². The summed E-state index contributed by atoms with van der Waals surface area (Å²) in [6.07, 6.45) is 3.71. The van der Waals surface area contributed by atoms with E-state index in [0.717, 1.165) is 25.7 Å². The molecule has 3 nitrogen and oxygen atoms in total. The van der Waals surface area contributed by atoms with E-state index in [1.54, 1.807) is 0 Å². The Hall–Kier alpha value is -0.0900. The second kappa shape index (κ2) is 7.23. The van der Waals surface area contributed by atoms with Crippen molar-refractivity contribution in [3.05, 3.63) is 0 Å². The highest BCUT2D eigenvalue weighted by molar-refractivity contribution is 7.92. The van der Waals surface area contributed by atoms with Gasteiger partial charge in [0.25, 0.3) is 0 Å². The van der Waals surface area contributed by atoms with Crippen LogP contribution in [0, 0.1) is 0 Å². The average molecular weight is 235 g/mol. The normalized spacial score (nSPS) is 16.3. The van der Waals surface area contributed by atoms with Crippen LogP contribution in [0.2, 0.25) is 0 Å². The Balaban J connectivity index is 4.30. The standard InChI is InChI=1S/C11H25NO2S/c1-5-7-8-9-15(13,14)10(3)11(6-2)12-4/h10-12H,5-9H2,1-4H3. The molecule has 0 aliphatic carbocycles. The largest absolute Gasteiger partial charge is 0.316 e. The number of nitrogens with one attached hydrogen (secondary N) is 1. The maximum atomic E-state index is 11.9. The Labute approximate surface area is 94.6 Å². The van der Waals surface area contributed by atoms with E-state index >= 15 is 0 Å². The lowest BCUT2D eigenvalue weighted by Crippen LogP contribution is -2.41. The molecule has 0 heterocycles. The van der Waals surface area contributed by atoms with Gasteiger partial charge in [-0.2, -0.15) is 0 Å². The molecule has 0 saturated heterocycles. The van der Waals surface area contributed by atoms with Gasteiger partial charge in [-0.25, -0.2) is 8.42 Å². The van der Waals surface area contributed by atoms with Crippen LogP contribution >= 0.6 is 0 Å². The van der Waals surface area contributed by atoms with Gasteiger partial charge >= 0.3 is 0 Å². The molecule has 0 radical (unpaired) electrons. The molecule has 15 heavy (non-hydrogen) atoms. The number of sulfone groups is 1. The third-order valence-corrected chi connectivity index (χ3v) is 5.30. The van der Waals surface area contributed by atoms with Crippen LogP contribution in [0.3, 0.4) is 0 Å². The van der Waals surface area contributed by atoms with Gasteiger partial charge in [0, 0.05) is 6.04 Å². The molecule has 0 bridgehead atoms. The van der Waals surface area contributed by atoms with Crippen LogP contribution in [0.1, 0.15) is 46.5 Å². The van der Waals surface area contributed by atoms with E-state index in [4.69, 9.17) is 0 Å². The first-order valence-electron chi connectivity index (χ1n) is 5.88. The summed E-state index contributed by atoms with van der Waals surface area (Å²) in [6.45, 7) is 5.91. The van der Waals surface area contributed by atoms with Crippen molar-refractivity contribution in [3.8, 4) is 0 Å². The molecule has 92 valence electrons. The van der Waals surface area contributed by atoms with E-state index in [2.05, 4.69) is 12.2 Å². The molecule has 0 rings (SSSR count). The number of unbranched alkanes of at least 4 members (excludes halogenated alkanes) is 2. The average Bonchev–Trinajstić information content (AvgIpc) is 2.19. The molecule has 0 aromatic heterocycles. The van der Waals surface area contributed by atoms with Crippen LogP contribution in [0.4, 0.5) is 0 Å². The number of hydrogen-bond donors (Lipinski definition) is 1. The lowest BCUT2D eigenvalue weighted by Gasteiger charge is -2.22. The molecule has 2 atom stereocenters. The van der Waals surface area contributed by atoms with Crippen LogP contribution in [0.25, 0.3) is 0 Å². The molecule has 0 fully saturated rings. The monoisotopic (exact) mass is 235 g/mol. The topological polar surface area (TPSA) is 46.2 Å². The van der Waals surface area contributed by atoms with Crippen LogP contribution in [-0.4, -0.2) is 32.5 Å². The highest BCUT2D eigenvalue weighted by Crippen LogP contribution is 2.12. The predicted molar refractivity (Wildman–Crippen MR) is 65.9 cm³/mol. The maximum Gasteiger partial charge on any atom is 0.154 e. The fraction of sp³-hybridized carbons (Fsp3) is 1.00. The molecule has 0 aliphatic rings. The zero-order valence-electron chi connectivity index (χ0n) is 10.4. The quantitative estimate of drug-likeness (QED) is 0.654. The Morgan fingerprint density at radius 3 is 2.20 bits per heavy atom. The van der Waals surface area contributed by atoms with E-state index in [1.165, 1.54) is 0 Å². The molecule has 2 unspecified atom stereocenters. The van der Waals surface area contributed by atoms with Crippen LogP contribution in [0.15, 0.2) is 0 Å². The predicted octanol–water partition coefficient (Wildman–Crippen LogP) is 1.98. The van der Waals surface area contributed by atoms with Crippen LogP contribution < -0.4 is 5.32 Å². The van der Waals surface area contributed by atoms with Gasteiger partial charge in [-0.1, -0.05) is 26.7 Å². The molecule has 0 aromatic rings. The van der Waals surface area contributed by atoms with Crippen molar-refractivity contribution in [2.75, 3.05) is 12.8 Å². The molecule has 4 heteroatoms. The van der Waals surface area contributed by atoms with E-state index in [-0.39, 0.29) is 11.3 Å². The highest BCUT2D eigenvalue weighted by atomic mass is 32.2. The Kier molecular flexibility index (Phi) is 7.18. The van der Waals surface area contributed by atoms with Crippen LogP contribution in [0.5, 0.6) is 0 Å². The summed E-state index contributed by atoms with van der Waals surface area (Å²) in [5.74, 6) is 0.334. The van der Waals surface area contributed by atoms with E-state index < -0.39 is 9.84 Å². The third-order valence-electron chi connectivity index (χ3n) is 2.98. The number of rotatable bonds is 8. The molecule has 0 saturated carbocycles. The third kappa shape index (κ3) is 4.98. The molecule has 0 spiro atoms. The molecule has 0 aromatic carbocycles. The summed E-state index contributed by atoms with van der Waals surface area (Å²) in [5, 5.41) is 2.80. The molecule has 0 aliphatic heterocycles. The SMILES string of the molecule is CCCCCS(=O)(=O)C(C)C(CC)NC. The second-order valence-electron chi connectivity index (χ2n) is 4.08. The van der Waals surface area contributed by atoms with Crippen molar-refractivity contribution in [3.63, 3.8) is 0 Å². The summed E-state index contributed by atoms with van der Waals surface area (Å²) in [5.41, 5.74) is 0. The van der Waals surface area contributed by atoms with Crippen molar-refractivity contribution in [1.82, 2.24) is 5.32 Å². The fourth-order valence-corrected chi connectivity index (χ4v) is 3.57. The Morgan fingerprint density at radius 1 is 1.20 bits per heavy atom. The summed E-state index contributed by atoms with van der Waals surface area (Å²) < 4.78 is 23.8. The number of hydrogen-bond acceptors (Lipinski definition) is 3. The van der Waals surface area contributed by atoms with Gasteiger partial charge in [-0.3, -0.25) is 0 Å². The minimum Gasteiger partial charge on any atom is -0.316 e. The van der Waals surface area contributed by atoms with E-state index in [9.17, 15) is 8.42 Å². The van der Waals surface area contributed by atoms with E-state index in [1.807, 2.05) is 20.9 Å². The Morgan fingerprint density at radius 2 is 1.80 bits per heavy atom. The lowest BCUT2D eigenvalue weighted by atomic mass is 10.2. The molecular formula is C11H25NO2S. The smallest absolute Gasteiger partial charge is 0.154 e. The molecular weight excluding hydrogens is 210 g/mol. The first-order valence-corrected chi connectivity index (χ1v) is 7.59. The van der Waals surface area contributed by atoms with Crippen molar-refractivity contribution in [2.45, 2.75) is 57.7 Å². The Bertz CT molecular complexity index is 245. The van der Waals surface area contributed by atoms with Gasteiger partial charge in [0.15, 0.2) is 9.84 Å². The molecule has 0 amide bonds. The fourth-order valence-electron chi connectivity index (χ4n) is 1.76. The lowest BCUT2D eigenvalue weighted by molar-refractivity contribution is 0.503. The minimum absolute atomic E-state index is 0.0802. The zero-order valence-corrected chi connectivity index (χ0v) is 11.2. The first kappa shape index (κ1) is 14.9. The molecule has 1 N–H and O–H groups in total. The summed E-state index contributed by atoms with van der Waals surface area (Å²) in [6, 6.07) is 0.0802. The first-order chi connectivity index (χ1) is 6.99. The van der Waals surface area contributed by atoms with Gasteiger partial charge in [-0.05, 0) is 26.8 Å². The highest BCUT2D eigenvalue weighted by Gasteiger charge is 2.26. The summed E-state index contributed by atoms with van der Waals surface area (Å²) >= 11 is 0. The van der Waals surface area contributed by atoms with Gasteiger partial charge in [0.1, 0.15) is 0 Å². The van der Waals surface area contributed by atoms with Gasteiger partial charge in [-0.15, -0.1) is 0 Å². The summed E-state index contributed by atoms with van der Waals surface area (Å²) in [7, 11) is -1.09. The van der Waals surface area contributed by atoms with Gasteiger partial charge < -0.3 is 5.32 Å². The van der Waals surface area contributed by atoms with E-state index in [0.29, 0.717) is 5.75 Å². The zero-order chi connectivity index (χ0) is 11.9. The van der Waals surface area contributed by atoms with Crippen molar-refractivity contribution < 1.29 is 8.42 Å². The van der Waals surface area contributed by atoms with Crippen molar-refractivity contribution in [2.24, 2.45) is 0 Å². The van der Waals surface area contributed by atoms with Crippen molar-refractivity contribution in [1.29, 1.82) is 0 Å². The van der Waals surface area contributed by atoms with Gasteiger partial charge in [0.2, 0.25) is 0 Å². The summed E-state index contributed by atoms with van der Waals surface area (Å²) in [4.78, 5) is 0. The maximum absolute atomic E-state index is 11.9. The van der Waals surface area contributed by atoms with Crippen LogP contribution in [-0.2, 0) is 9.84 Å². The van der Waals surface area contributed by atoms with Gasteiger partial charge in [0.05, 0.1) is 11.0 Å².